The number of nitrogens with zero attached hydrogens (tertiary/aromatic N) is 2. The Morgan fingerprint density at radius 1 is 0.974 bits per heavy atom. The molecule has 2 aliphatic heterocycles. The summed E-state index contributed by atoms with van der Waals surface area (Å²) in [7, 11) is 0. The standard InChI is InChI=1S/C29H36N4O6/c1-20-16-33(17-21(2)39-20)29(37)24-12-13-27(35)32(18-22-8-4-3-5-9-22)19-26(34)30-14-15-38-25-11-7-6-10-23(25)28(36)31-24/h3-11,20-21,24H,12-19H2,1-2H3,(H,30,34)(H,31,36)/t20-,21+,24-/m0/s1. The third kappa shape index (κ3) is 7.79. The van der Waals surface area contributed by atoms with Crippen molar-refractivity contribution in [2.24, 2.45) is 0 Å². The van der Waals surface area contributed by atoms with Gasteiger partial charge in [0, 0.05) is 26.1 Å². The van der Waals surface area contributed by atoms with E-state index in [0.29, 0.717) is 18.8 Å². The van der Waals surface area contributed by atoms with Crippen LogP contribution >= 0.6 is 0 Å². The zero-order valence-corrected chi connectivity index (χ0v) is 22.4. The molecular formula is C29H36N4O6. The summed E-state index contributed by atoms with van der Waals surface area (Å²) in [5, 5.41) is 5.64. The van der Waals surface area contributed by atoms with Crippen LogP contribution in [-0.2, 0) is 25.7 Å². The number of hydrogen-bond donors (Lipinski definition) is 2. The van der Waals surface area contributed by atoms with Crippen molar-refractivity contribution in [3.05, 3.63) is 65.7 Å². The molecule has 2 aliphatic rings. The van der Waals surface area contributed by atoms with E-state index in [0.717, 1.165) is 5.56 Å². The predicted octanol–water partition coefficient (Wildman–Crippen LogP) is 1.74. The summed E-state index contributed by atoms with van der Waals surface area (Å²) in [5.74, 6) is -0.986. The highest BCUT2D eigenvalue weighted by atomic mass is 16.5. The number of rotatable bonds is 3. The smallest absolute Gasteiger partial charge is 0.255 e. The number of hydrogen-bond acceptors (Lipinski definition) is 6. The fourth-order valence-corrected chi connectivity index (χ4v) is 4.89. The first-order valence-corrected chi connectivity index (χ1v) is 13.4. The monoisotopic (exact) mass is 536 g/mol. The van der Waals surface area contributed by atoms with Gasteiger partial charge in [0.2, 0.25) is 17.7 Å². The number of ether oxygens (including phenoxy) is 2. The van der Waals surface area contributed by atoms with Gasteiger partial charge < -0.3 is 29.9 Å². The minimum Gasteiger partial charge on any atom is -0.491 e. The zero-order valence-electron chi connectivity index (χ0n) is 22.4. The maximum absolute atomic E-state index is 13.7. The van der Waals surface area contributed by atoms with Crippen LogP contribution in [0, 0.1) is 0 Å². The van der Waals surface area contributed by atoms with E-state index in [9.17, 15) is 19.2 Å². The van der Waals surface area contributed by atoms with Gasteiger partial charge in [0.05, 0.1) is 30.9 Å². The van der Waals surface area contributed by atoms with Crippen LogP contribution in [0.2, 0.25) is 0 Å². The summed E-state index contributed by atoms with van der Waals surface area (Å²) >= 11 is 0. The van der Waals surface area contributed by atoms with E-state index in [2.05, 4.69) is 10.6 Å². The molecular weight excluding hydrogens is 500 g/mol. The molecule has 39 heavy (non-hydrogen) atoms. The fourth-order valence-electron chi connectivity index (χ4n) is 4.89. The van der Waals surface area contributed by atoms with Crippen molar-refractivity contribution >= 4 is 23.6 Å². The van der Waals surface area contributed by atoms with Crippen LogP contribution in [-0.4, -0.2) is 84.5 Å². The number of nitrogens with one attached hydrogen (secondary N) is 2. The molecule has 3 atom stereocenters. The Kier molecular flexibility index (Phi) is 9.54. The van der Waals surface area contributed by atoms with Gasteiger partial charge in [-0.05, 0) is 38.0 Å². The van der Waals surface area contributed by atoms with Crippen LogP contribution < -0.4 is 15.4 Å². The second-order valence-electron chi connectivity index (χ2n) is 10.00. The van der Waals surface area contributed by atoms with Crippen LogP contribution in [0.3, 0.4) is 0 Å². The number of carbonyl (C=O) groups is 4. The fraction of sp³-hybridized carbons (Fsp3) is 0.448. The largest absolute Gasteiger partial charge is 0.491 e. The molecule has 0 radical (unpaired) electrons. The van der Waals surface area contributed by atoms with Gasteiger partial charge in [0.1, 0.15) is 18.4 Å². The van der Waals surface area contributed by atoms with E-state index >= 15 is 0 Å². The van der Waals surface area contributed by atoms with Gasteiger partial charge in [-0.1, -0.05) is 42.5 Å². The molecule has 4 amide bonds. The van der Waals surface area contributed by atoms with E-state index in [4.69, 9.17) is 9.47 Å². The Morgan fingerprint density at radius 2 is 1.67 bits per heavy atom. The Morgan fingerprint density at radius 3 is 2.41 bits per heavy atom. The number of fused-ring (bicyclic) bond motifs is 1. The molecule has 1 fully saturated rings. The van der Waals surface area contributed by atoms with Crippen molar-refractivity contribution in [2.45, 2.75) is 51.5 Å². The molecule has 2 aromatic rings. The second-order valence-corrected chi connectivity index (χ2v) is 10.00. The molecule has 0 spiro atoms. The highest BCUT2D eigenvalue weighted by molar-refractivity contribution is 5.99. The topological polar surface area (TPSA) is 117 Å². The average molecular weight is 537 g/mol. The second kappa shape index (κ2) is 13.2. The first-order chi connectivity index (χ1) is 18.8. The third-order valence-electron chi connectivity index (χ3n) is 6.70. The lowest BCUT2D eigenvalue weighted by Gasteiger charge is -2.37. The van der Waals surface area contributed by atoms with Crippen molar-refractivity contribution in [3.63, 3.8) is 0 Å². The Bertz CT molecular complexity index is 1160. The lowest BCUT2D eigenvalue weighted by molar-refractivity contribution is -0.145. The van der Waals surface area contributed by atoms with Crippen molar-refractivity contribution in [1.29, 1.82) is 0 Å². The van der Waals surface area contributed by atoms with Crippen molar-refractivity contribution in [3.8, 4) is 5.75 Å². The number of morpholine rings is 1. The first-order valence-electron chi connectivity index (χ1n) is 13.4. The quantitative estimate of drug-likeness (QED) is 0.617. The summed E-state index contributed by atoms with van der Waals surface area (Å²) in [6, 6.07) is 15.2. The molecule has 0 aliphatic carbocycles. The minimum absolute atomic E-state index is 0.0234. The molecule has 208 valence electrons. The molecule has 0 unspecified atom stereocenters. The molecule has 4 rings (SSSR count). The van der Waals surface area contributed by atoms with Gasteiger partial charge in [-0.3, -0.25) is 19.2 Å². The van der Waals surface area contributed by atoms with Crippen molar-refractivity contribution in [1.82, 2.24) is 20.4 Å². The molecule has 10 nitrogen and oxygen atoms in total. The van der Waals surface area contributed by atoms with Gasteiger partial charge in [-0.2, -0.15) is 0 Å². The molecule has 2 N–H and O–H groups in total. The molecule has 0 saturated carbocycles. The van der Waals surface area contributed by atoms with Crippen LogP contribution in [0.5, 0.6) is 5.75 Å². The van der Waals surface area contributed by atoms with Crippen LogP contribution in [0.1, 0.15) is 42.6 Å². The number of amides is 4. The van der Waals surface area contributed by atoms with E-state index in [1.807, 2.05) is 44.2 Å². The number of benzene rings is 2. The Hall–Kier alpha value is -3.92. The Labute approximate surface area is 228 Å². The average Bonchev–Trinajstić information content (AvgIpc) is 2.92. The van der Waals surface area contributed by atoms with E-state index in [1.165, 1.54) is 4.90 Å². The van der Waals surface area contributed by atoms with E-state index in [1.54, 1.807) is 29.2 Å². The summed E-state index contributed by atoms with van der Waals surface area (Å²) in [4.78, 5) is 56.3. The lowest BCUT2D eigenvalue weighted by atomic mass is 10.1. The summed E-state index contributed by atoms with van der Waals surface area (Å²) in [6.45, 7) is 5.04. The summed E-state index contributed by atoms with van der Waals surface area (Å²) in [5.41, 5.74) is 1.16. The Balaban J connectivity index is 1.59. The molecule has 2 heterocycles. The minimum atomic E-state index is -0.940. The highest BCUT2D eigenvalue weighted by Crippen LogP contribution is 2.20. The van der Waals surface area contributed by atoms with Crippen molar-refractivity contribution < 1.29 is 28.7 Å². The SMILES string of the molecule is C[C@@H]1CN(C(=O)[C@@H]2CCC(=O)N(Cc3ccccc3)CC(=O)NCCOc3ccccc3C(=O)N2)C[C@H](C)O1. The van der Waals surface area contributed by atoms with Crippen LogP contribution in [0.25, 0.3) is 0 Å². The normalized spacial score (nSPS) is 23.4. The summed E-state index contributed by atoms with van der Waals surface area (Å²) in [6.07, 6.45) is -0.235. The maximum Gasteiger partial charge on any atom is 0.255 e. The highest BCUT2D eigenvalue weighted by Gasteiger charge is 2.33. The van der Waals surface area contributed by atoms with E-state index in [-0.39, 0.29) is 74.6 Å². The molecule has 0 bridgehead atoms. The predicted molar refractivity (Wildman–Crippen MR) is 144 cm³/mol. The van der Waals surface area contributed by atoms with Gasteiger partial charge in [-0.25, -0.2) is 0 Å². The molecule has 10 heteroatoms. The van der Waals surface area contributed by atoms with Crippen LogP contribution in [0.15, 0.2) is 54.6 Å². The first kappa shape index (κ1) is 28.1. The third-order valence-corrected chi connectivity index (χ3v) is 6.70. The zero-order chi connectivity index (χ0) is 27.8. The molecule has 1 saturated heterocycles. The number of para-hydroxylation sites is 1. The van der Waals surface area contributed by atoms with Gasteiger partial charge in [0.15, 0.2) is 0 Å². The summed E-state index contributed by atoms with van der Waals surface area (Å²) < 4.78 is 11.6. The van der Waals surface area contributed by atoms with Crippen molar-refractivity contribution in [2.75, 3.05) is 32.8 Å². The number of carbonyl (C=O) groups excluding carboxylic acids is 4. The van der Waals surface area contributed by atoms with Crippen LogP contribution in [0.4, 0.5) is 0 Å². The van der Waals surface area contributed by atoms with Gasteiger partial charge in [0.25, 0.3) is 5.91 Å². The maximum atomic E-state index is 13.7. The molecule has 2 aromatic carbocycles. The lowest BCUT2D eigenvalue weighted by Crippen LogP contribution is -2.55. The van der Waals surface area contributed by atoms with Gasteiger partial charge >= 0.3 is 0 Å². The van der Waals surface area contributed by atoms with E-state index < -0.39 is 11.9 Å². The molecule has 0 aromatic heterocycles. The van der Waals surface area contributed by atoms with Gasteiger partial charge in [-0.15, -0.1) is 0 Å².